The first-order valence-corrected chi connectivity index (χ1v) is 4.51. The number of hydrogen-bond acceptors (Lipinski definition) is 1. The molecule has 0 bridgehead atoms. The Labute approximate surface area is 86.1 Å². The SMILES string of the molecule is O=C(O)CCc1ccc(Cl)cc1Cl. The van der Waals surface area contributed by atoms with Gasteiger partial charge in [0.25, 0.3) is 0 Å². The van der Waals surface area contributed by atoms with Gasteiger partial charge in [0.15, 0.2) is 0 Å². The molecule has 0 radical (unpaired) electrons. The summed E-state index contributed by atoms with van der Waals surface area (Å²) in [7, 11) is 0. The highest BCUT2D eigenvalue weighted by Gasteiger charge is 2.03. The summed E-state index contributed by atoms with van der Waals surface area (Å²) in [5, 5.41) is 9.53. The highest BCUT2D eigenvalue weighted by atomic mass is 35.5. The minimum atomic E-state index is -0.828. The van der Waals surface area contributed by atoms with Crippen molar-refractivity contribution in [3.05, 3.63) is 33.8 Å². The maximum absolute atomic E-state index is 10.3. The number of rotatable bonds is 3. The lowest BCUT2D eigenvalue weighted by Crippen LogP contribution is -1.97. The van der Waals surface area contributed by atoms with Gasteiger partial charge in [-0.15, -0.1) is 0 Å². The standard InChI is InChI=1S/C9H8Cl2O2/c10-7-3-1-6(8(11)5-7)2-4-9(12)13/h1,3,5H,2,4H2,(H,12,13). The lowest BCUT2D eigenvalue weighted by molar-refractivity contribution is -0.136. The van der Waals surface area contributed by atoms with Crippen LogP contribution < -0.4 is 0 Å². The third-order valence-electron chi connectivity index (χ3n) is 1.62. The molecule has 0 aliphatic carbocycles. The van der Waals surface area contributed by atoms with Gasteiger partial charge in [0.05, 0.1) is 0 Å². The van der Waals surface area contributed by atoms with Crippen LogP contribution in [0.15, 0.2) is 18.2 Å². The summed E-state index contributed by atoms with van der Waals surface area (Å²) in [5.74, 6) is -0.828. The van der Waals surface area contributed by atoms with E-state index >= 15 is 0 Å². The lowest BCUT2D eigenvalue weighted by Gasteiger charge is -2.01. The predicted octanol–water partition coefficient (Wildman–Crippen LogP) is 3.01. The number of carboxylic acid groups (broad SMARTS) is 1. The molecule has 0 amide bonds. The van der Waals surface area contributed by atoms with Crippen molar-refractivity contribution >= 4 is 29.2 Å². The molecular weight excluding hydrogens is 211 g/mol. The van der Waals surface area contributed by atoms with Crippen LogP contribution in [0.1, 0.15) is 12.0 Å². The molecule has 0 saturated carbocycles. The van der Waals surface area contributed by atoms with E-state index in [0.29, 0.717) is 16.5 Å². The Bertz CT molecular complexity index is 323. The summed E-state index contributed by atoms with van der Waals surface area (Å²) in [6.07, 6.45) is 0.521. The van der Waals surface area contributed by atoms with E-state index in [2.05, 4.69) is 0 Å². The summed E-state index contributed by atoms with van der Waals surface area (Å²) in [6.45, 7) is 0. The molecule has 1 N–H and O–H groups in total. The number of halogens is 2. The molecule has 13 heavy (non-hydrogen) atoms. The van der Waals surface area contributed by atoms with Gasteiger partial charge in [-0.05, 0) is 24.1 Å². The van der Waals surface area contributed by atoms with Gasteiger partial charge in [-0.3, -0.25) is 4.79 Å². The van der Waals surface area contributed by atoms with Gasteiger partial charge in [0.2, 0.25) is 0 Å². The monoisotopic (exact) mass is 218 g/mol. The Balaban J connectivity index is 2.72. The Hall–Kier alpha value is -0.730. The van der Waals surface area contributed by atoms with Gasteiger partial charge in [-0.25, -0.2) is 0 Å². The number of aliphatic carboxylic acids is 1. The van der Waals surface area contributed by atoms with Crippen molar-refractivity contribution in [3.63, 3.8) is 0 Å². The van der Waals surface area contributed by atoms with Crippen molar-refractivity contribution in [3.8, 4) is 0 Å². The third-order valence-corrected chi connectivity index (χ3v) is 2.21. The minimum absolute atomic E-state index is 0.0847. The van der Waals surface area contributed by atoms with E-state index in [-0.39, 0.29) is 6.42 Å². The Morgan fingerprint density at radius 1 is 1.38 bits per heavy atom. The van der Waals surface area contributed by atoms with Gasteiger partial charge in [-0.1, -0.05) is 29.3 Å². The van der Waals surface area contributed by atoms with Crippen LogP contribution in [0.4, 0.5) is 0 Å². The normalized spacial score (nSPS) is 10.0. The molecule has 70 valence electrons. The molecule has 0 heterocycles. The van der Waals surface area contributed by atoms with E-state index in [4.69, 9.17) is 28.3 Å². The van der Waals surface area contributed by atoms with Gasteiger partial charge in [-0.2, -0.15) is 0 Å². The highest BCUT2D eigenvalue weighted by molar-refractivity contribution is 6.35. The smallest absolute Gasteiger partial charge is 0.303 e. The first-order chi connectivity index (χ1) is 6.09. The van der Waals surface area contributed by atoms with Crippen LogP contribution in [0.3, 0.4) is 0 Å². The molecule has 2 nitrogen and oxygen atoms in total. The zero-order valence-electron chi connectivity index (χ0n) is 6.76. The minimum Gasteiger partial charge on any atom is -0.481 e. The highest BCUT2D eigenvalue weighted by Crippen LogP contribution is 2.21. The molecule has 0 aromatic heterocycles. The van der Waals surface area contributed by atoms with Gasteiger partial charge in [0, 0.05) is 16.5 Å². The largest absolute Gasteiger partial charge is 0.481 e. The third kappa shape index (κ3) is 3.25. The van der Waals surface area contributed by atoms with Crippen LogP contribution >= 0.6 is 23.2 Å². The first-order valence-electron chi connectivity index (χ1n) is 3.75. The fourth-order valence-electron chi connectivity index (χ4n) is 0.966. The molecule has 0 unspecified atom stereocenters. The topological polar surface area (TPSA) is 37.3 Å². The van der Waals surface area contributed by atoms with Crippen LogP contribution in [-0.2, 0) is 11.2 Å². The zero-order valence-corrected chi connectivity index (χ0v) is 8.27. The van der Waals surface area contributed by atoms with Crippen LogP contribution in [0, 0.1) is 0 Å². The molecule has 0 atom stereocenters. The maximum Gasteiger partial charge on any atom is 0.303 e. The van der Waals surface area contributed by atoms with Crippen molar-refractivity contribution in [1.29, 1.82) is 0 Å². The fourth-order valence-corrected chi connectivity index (χ4v) is 1.47. The summed E-state index contributed by atoms with van der Waals surface area (Å²) in [5.41, 5.74) is 0.813. The number of carbonyl (C=O) groups is 1. The number of hydrogen-bond donors (Lipinski definition) is 1. The van der Waals surface area contributed by atoms with Crippen molar-refractivity contribution in [1.82, 2.24) is 0 Å². The average Bonchev–Trinajstić information content (AvgIpc) is 2.02. The summed E-state index contributed by atoms with van der Waals surface area (Å²) >= 11 is 11.5. The van der Waals surface area contributed by atoms with E-state index in [0.717, 1.165) is 5.56 Å². The van der Waals surface area contributed by atoms with Crippen molar-refractivity contribution in [2.24, 2.45) is 0 Å². The Kier molecular flexibility index (Phi) is 3.58. The molecule has 0 aliphatic heterocycles. The number of benzene rings is 1. The van der Waals surface area contributed by atoms with E-state index in [1.165, 1.54) is 0 Å². The quantitative estimate of drug-likeness (QED) is 0.848. The Morgan fingerprint density at radius 3 is 2.62 bits per heavy atom. The van der Waals surface area contributed by atoms with E-state index < -0.39 is 5.97 Å². The molecule has 0 fully saturated rings. The number of carboxylic acids is 1. The summed E-state index contributed by atoms with van der Waals surface area (Å²) in [6, 6.07) is 5.05. The second kappa shape index (κ2) is 4.49. The maximum atomic E-state index is 10.3. The second-order valence-corrected chi connectivity index (χ2v) is 3.47. The van der Waals surface area contributed by atoms with Gasteiger partial charge >= 0.3 is 5.97 Å². The molecular formula is C9H8Cl2O2. The first kappa shape index (κ1) is 10.4. The van der Waals surface area contributed by atoms with E-state index in [1.807, 2.05) is 0 Å². The van der Waals surface area contributed by atoms with Crippen molar-refractivity contribution in [2.45, 2.75) is 12.8 Å². The fraction of sp³-hybridized carbons (Fsp3) is 0.222. The zero-order chi connectivity index (χ0) is 9.84. The van der Waals surface area contributed by atoms with Crippen molar-refractivity contribution < 1.29 is 9.90 Å². The van der Waals surface area contributed by atoms with Crippen LogP contribution in [0.25, 0.3) is 0 Å². The molecule has 4 heteroatoms. The summed E-state index contributed by atoms with van der Waals surface area (Å²) < 4.78 is 0. The summed E-state index contributed by atoms with van der Waals surface area (Å²) in [4.78, 5) is 10.3. The second-order valence-electron chi connectivity index (χ2n) is 2.63. The molecule has 0 aliphatic rings. The van der Waals surface area contributed by atoms with Gasteiger partial charge < -0.3 is 5.11 Å². The number of aryl methyl sites for hydroxylation is 1. The Morgan fingerprint density at radius 2 is 2.08 bits per heavy atom. The van der Waals surface area contributed by atoms with Gasteiger partial charge in [0.1, 0.15) is 0 Å². The molecule has 0 spiro atoms. The lowest BCUT2D eigenvalue weighted by atomic mass is 10.1. The van der Waals surface area contributed by atoms with Crippen LogP contribution in [-0.4, -0.2) is 11.1 Å². The van der Waals surface area contributed by atoms with Crippen LogP contribution in [0.2, 0.25) is 10.0 Å². The van der Waals surface area contributed by atoms with Crippen LogP contribution in [0.5, 0.6) is 0 Å². The molecule has 1 aromatic rings. The molecule has 1 rings (SSSR count). The van der Waals surface area contributed by atoms with E-state index in [9.17, 15) is 4.79 Å². The molecule has 1 aromatic carbocycles. The van der Waals surface area contributed by atoms with Crippen molar-refractivity contribution in [2.75, 3.05) is 0 Å². The molecule has 0 saturated heterocycles. The predicted molar refractivity (Wildman–Crippen MR) is 52.4 cm³/mol. The van der Waals surface area contributed by atoms with E-state index in [1.54, 1.807) is 18.2 Å². The average molecular weight is 219 g/mol.